The zero-order valence-corrected chi connectivity index (χ0v) is 15.0. The van der Waals surface area contributed by atoms with Crippen LogP contribution in [0.25, 0.3) is 0 Å². The van der Waals surface area contributed by atoms with Crippen LogP contribution in [0.15, 0.2) is 12.2 Å². The first kappa shape index (κ1) is 15.7. The van der Waals surface area contributed by atoms with Crippen LogP contribution in [0, 0.1) is 47.3 Å². The fourth-order valence-electron chi connectivity index (χ4n) is 7.20. The van der Waals surface area contributed by atoms with Crippen molar-refractivity contribution < 1.29 is 9.53 Å². The van der Waals surface area contributed by atoms with Gasteiger partial charge in [0.1, 0.15) is 0 Å². The Balaban J connectivity index is 0.000000134. The summed E-state index contributed by atoms with van der Waals surface area (Å²) in [5, 5.41) is 0. The summed E-state index contributed by atoms with van der Waals surface area (Å²) in [6.45, 7) is 8.68. The first-order valence-electron chi connectivity index (χ1n) is 9.80. The molecule has 0 aromatic heterocycles. The Kier molecular flexibility index (Phi) is 3.85. The quantitative estimate of drug-likeness (QED) is 0.538. The van der Waals surface area contributed by atoms with E-state index in [9.17, 15) is 4.79 Å². The van der Waals surface area contributed by atoms with E-state index in [-0.39, 0.29) is 12.1 Å². The number of hydrogen-bond donors (Lipinski definition) is 0. The van der Waals surface area contributed by atoms with E-state index in [0.29, 0.717) is 5.57 Å². The summed E-state index contributed by atoms with van der Waals surface area (Å²) >= 11 is 0. The molecule has 0 amide bonds. The van der Waals surface area contributed by atoms with Crippen molar-refractivity contribution in [1.29, 1.82) is 0 Å². The topological polar surface area (TPSA) is 26.3 Å². The minimum atomic E-state index is -0.315. The van der Waals surface area contributed by atoms with E-state index in [1.54, 1.807) is 59.3 Å². The summed E-state index contributed by atoms with van der Waals surface area (Å²) in [5.41, 5.74) is 0.448. The standard InChI is InChI=1S/C14H20.C7H12O2/c1-7-2-12-10-4-8-5-11(9(1)10)13(3-7)14(12)6-8;1-5(2)7(8)9-6(3)4/h7-14H,1-6H2;6H,1H2,2-4H3. The molecule has 0 unspecified atom stereocenters. The van der Waals surface area contributed by atoms with Crippen molar-refractivity contribution in [2.45, 2.75) is 65.4 Å². The number of carbonyl (C=O) groups is 1. The number of rotatable bonds is 2. The summed E-state index contributed by atoms with van der Waals surface area (Å²) in [5.74, 6) is 9.42. The molecule has 2 nitrogen and oxygen atoms in total. The van der Waals surface area contributed by atoms with Gasteiger partial charge in [-0.25, -0.2) is 4.79 Å². The molecule has 0 heterocycles. The third-order valence-corrected chi connectivity index (χ3v) is 7.62. The van der Waals surface area contributed by atoms with Gasteiger partial charge in [-0.05, 0) is 107 Å². The van der Waals surface area contributed by atoms with Crippen LogP contribution in [0.2, 0.25) is 0 Å². The maximum Gasteiger partial charge on any atom is 0.333 e. The molecule has 0 aromatic rings. The molecule has 0 aromatic carbocycles. The zero-order chi connectivity index (χ0) is 16.3. The second-order valence-electron chi connectivity index (χ2n) is 9.36. The fourth-order valence-corrected chi connectivity index (χ4v) is 7.20. The van der Waals surface area contributed by atoms with Crippen molar-refractivity contribution in [2.75, 3.05) is 0 Å². The van der Waals surface area contributed by atoms with E-state index in [1.165, 1.54) is 47.3 Å². The van der Waals surface area contributed by atoms with Gasteiger partial charge in [0.25, 0.3) is 0 Å². The minimum Gasteiger partial charge on any atom is -0.460 e. The average Bonchev–Trinajstić information content (AvgIpc) is 2.51. The van der Waals surface area contributed by atoms with E-state index in [0.717, 1.165) is 0 Å². The smallest absolute Gasteiger partial charge is 0.333 e. The molecule has 7 saturated carbocycles. The van der Waals surface area contributed by atoms with Gasteiger partial charge in [0.15, 0.2) is 0 Å². The van der Waals surface area contributed by atoms with E-state index < -0.39 is 0 Å². The highest BCUT2D eigenvalue weighted by Crippen LogP contribution is 2.71. The van der Waals surface area contributed by atoms with E-state index >= 15 is 0 Å². The average molecular weight is 316 g/mol. The fraction of sp³-hybridized carbons (Fsp3) is 0.857. The van der Waals surface area contributed by atoms with Gasteiger partial charge < -0.3 is 4.74 Å². The lowest BCUT2D eigenvalue weighted by molar-refractivity contribution is -0.202. The van der Waals surface area contributed by atoms with Gasteiger partial charge in [-0.3, -0.25) is 0 Å². The van der Waals surface area contributed by atoms with Gasteiger partial charge in [-0.1, -0.05) is 6.58 Å². The lowest BCUT2D eigenvalue weighted by Crippen LogP contribution is -2.62. The monoisotopic (exact) mass is 316 g/mol. The highest BCUT2D eigenvalue weighted by molar-refractivity contribution is 5.87. The Morgan fingerprint density at radius 1 is 0.826 bits per heavy atom. The molecule has 8 bridgehead atoms. The molecule has 7 fully saturated rings. The Morgan fingerprint density at radius 3 is 1.30 bits per heavy atom. The van der Waals surface area contributed by atoms with Crippen LogP contribution >= 0.6 is 0 Å². The van der Waals surface area contributed by atoms with Gasteiger partial charge in [0, 0.05) is 5.57 Å². The summed E-state index contributed by atoms with van der Waals surface area (Å²) < 4.78 is 4.77. The molecule has 0 radical (unpaired) electrons. The lowest BCUT2D eigenvalue weighted by Gasteiger charge is -2.69. The molecule has 2 heteroatoms. The normalized spacial score (nSPS) is 47.5. The molecule has 0 aliphatic heterocycles. The van der Waals surface area contributed by atoms with Gasteiger partial charge in [-0.2, -0.15) is 0 Å². The van der Waals surface area contributed by atoms with Crippen LogP contribution in [-0.4, -0.2) is 12.1 Å². The molecule has 7 aliphatic rings. The van der Waals surface area contributed by atoms with Gasteiger partial charge in [0.05, 0.1) is 6.10 Å². The van der Waals surface area contributed by atoms with Crippen molar-refractivity contribution in [1.82, 2.24) is 0 Å². The van der Waals surface area contributed by atoms with Crippen LogP contribution in [0.4, 0.5) is 0 Å². The Labute approximate surface area is 141 Å². The van der Waals surface area contributed by atoms with Gasteiger partial charge in [-0.15, -0.1) is 0 Å². The predicted octanol–water partition coefficient (Wildman–Crippen LogP) is 4.84. The van der Waals surface area contributed by atoms with Gasteiger partial charge >= 0.3 is 5.97 Å². The highest BCUT2D eigenvalue weighted by atomic mass is 16.5. The van der Waals surface area contributed by atoms with Crippen molar-refractivity contribution in [3.05, 3.63) is 12.2 Å². The van der Waals surface area contributed by atoms with E-state index in [1.807, 2.05) is 0 Å². The number of hydrogen-bond acceptors (Lipinski definition) is 2. The molecule has 0 N–H and O–H groups in total. The van der Waals surface area contributed by atoms with Crippen LogP contribution in [-0.2, 0) is 9.53 Å². The van der Waals surface area contributed by atoms with Crippen molar-refractivity contribution >= 4 is 5.97 Å². The number of ether oxygens (including phenoxy) is 1. The molecular weight excluding hydrogens is 284 g/mol. The molecule has 128 valence electrons. The van der Waals surface area contributed by atoms with Crippen LogP contribution in [0.1, 0.15) is 59.3 Å². The zero-order valence-electron chi connectivity index (χ0n) is 15.0. The van der Waals surface area contributed by atoms with E-state index in [2.05, 4.69) is 6.58 Å². The third-order valence-electron chi connectivity index (χ3n) is 7.62. The summed E-state index contributed by atoms with van der Waals surface area (Å²) in [7, 11) is 0. The number of carbonyl (C=O) groups excluding carboxylic acids is 1. The molecule has 7 rings (SSSR count). The Morgan fingerprint density at radius 2 is 1.13 bits per heavy atom. The minimum absolute atomic E-state index is 0.0470. The Bertz CT molecular complexity index is 418. The molecule has 0 spiro atoms. The summed E-state index contributed by atoms with van der Waals surface area (Å²) in [6.07, 6.45) is 9.88. The Hall–Kier alpha value is -0.790. The lowest BCUT2D eigenvalue weighted by atomic mass is 9.36. The van der Waals surface area contributed by atoms with Crippen LogP contribution < -0.4 is 0 Å². The maximum absolute atomic E-state index is 10.6. The summed E-state index contributed by atoms with van der Waals surface area (Å²) in [6, 6.07) is 0. The predicted molar refractivity (Wildman–Crippen MR) is 91.7 cm³/mol. The van der Waals surface area contributed by atoms with Crippen molar-refractivity contribution in [3.63, 3.8) is 0 Å². The molecule has 7 aliphatic carbocycles. The second kappa shape index (κ2) is 5.63. The maximum atomic E-state index is 10.6. The van der Waals surface area contributed by atoms with E-state index in [4.69, 9.17) is 4.74 Å². The molecule has 0 saturated heterocycles. The SMILES string of the molecule is C1C2CC3C4CC5CC(C14)C(C2)C3C5.C=C(C)C(=O)OC(C)C. The second-order valence-corrected chi connectivity index (χ2v) is 9.36. The van der Waals surface area contributed by atoms with Crippen LogP contribution in [0.3, 0.4) is 0 Å². The third kappa shape index (κ3) is 2.57. The largest absolute Gasteiger partial charge is 0.460 e. The molecule has 23 heavy (non-hydrogen) atoms. The first-order chi connectivity index (χ1) is 10.9. The number of esters is 1. The van der Waals surface area contributed by atoms with Crippen molar-refractivity contribution in [3.8, 4) is 0 Å². The highest BCUT2D eigenvalue weighted by Gasteiger charge is 2.63. The molecule has 0 atom stereocenters. The van der Waals surface area contributed by atoms with Gasteiger partial charge in [0.2, 0.25) is 0 Å². The van der Waals surface area contributed by atoms with Crippen molar-refractivity contribution in [2.24, 2.45) is 47.3 Å². The molecular formula is C21H32O2. The van der Waals surface area contributed by atoms with Crippen LogP contribution in [0.5, 0.6) is 0 Å². The first-order valence-corrected chi connectivity index (χ1v) is 9.80. The summed E-state index contributed by atoms with van der Waals surface area (Å²) in [4.78, 5) is 10.6.